The van der Waals surface area contributed by atoms with Crippen LogP contribution in [0.2, 0.25) is 10.0 Å². The number of benzene rings is 4. The fraction of sp³-hybridized carbons (Fsp3) is 0.381. The highest BCUT2D eigenvalue weighted by Gasteiger charge is 2.35. The van der Waals surface area contributed by atoms with E-state index in [-0.39, 0.29) is 31.2 Å². The van der Waals surface area contributed by atoms with Gasteiger partial charge in [-0.05, 0) is 64.9 Å². The van der Waals surface area contributed by atoms with Crippen molar-refractivity contribution >= 4 is 57.7 Å². The summed E-state index contributed by atoms with van der Waals surface area (Å²) in [6.07, 6.45) is 0.400. The van der Waals surface area contributed by atoms with Crippen LogP contribution in [-0.4, -0.2) is 76.9 Å². The van der Waals surface area contributed by atoms with E-state index in [1.54, 1.807) is 36.9 Å². The van der Waals surface area contributed by atoms with Gasteiger partial charge < -0.3 is 25.5 Å². The van der Waals surface area contributed by atoms with Crippen LogP contribution in [0.5, 0.6) is 0 Å². The van der Waals surface area contributed by atoms with Crippen molar-refractivity contribution in [2.45, 2.75) is 71.6 Å². The van der Waals surface area contributed by atoms with Crippen LogP contribution >= 0.6 is 23.2 Å². The van der Waals surface area contributed by atoms with Gasteiger partial charge in [0.2, 0.25) is 17.7 Å². The number of fused-ring (bicyclic) bond motifs is 1. The van der Waals surface area contributed by atoms with Crippen LogP contribution in [0.3, 0.4) is 0 Å². The summed E-state index contributed by atoms with van der Waals surface area (Å²) in [5.74, 6) is -2.98. The number of carbonyl (C=O) groups excluding carboxylic acids is 3. The Kier molecular flexibility index (Phi) is 15.3. The molecule has 11 heteroatoms. The number of carboxylic acids is 1. The highest BCUT2D eigenvalue weighted by Crippen LogP contribution is 2.23. The number of nitrogens with one attached hydrogen (secondary N) is 2. The quantitative estimate of drug-likeness (QED) is 0.100. The number of carboxylic acid groups (broad SMARTS) is 1. The monoisotopic (exact) mass is 760 g/mol. The molecule has 3 atom stereocenters. The Labute approximate surface area is 322 Å². The van der Waals surface area contributed by atoms with Gasteiger partial charge in [0, 0.05) is 36.1 Å². The van der Waals surface area contributed by atoms with Crippen molar-refractivity contribution in [3.05, 3.63) is 118 Å². The summed E-state index contributed by atoms with van der Waals surface area (Å²) in [6, 6.07) is 24.9. The maximum Gasteiger partial charge on any atom is 0.326 e. The zero-order valence-corrected chi connectivity index (χ0v) is 32.5. The molecule has 0 aromatic heterocycles. The summed E-state index contributed by atoms with van der Waals surface area (Å²) in [5, 5.41) is 18.5. The van der Waals surface area contributed by atoms with Gasteiger partial charge in [-0.2, -0.15) is 0 Å². The van der Waals surface area contributed by atoms with Crippen molar-refractivity contribution in [1.82, 2.24) is 20.4 Å². The lowest BCUT2D eigenvalue weighted by atomic mass is 9.96. The molecule has 4 aromatic carbocycles. The Bertz CT molecular complexity index is 1880. The molecule has 3 unspecified atom stereocenters. The van der Waals surface area contributed by atoms with Crippen LogP contribution in [0.1, 0.15) is 50.8 Å². The predicted octanol–water partition coefficient (Wildman–Crippen LogP) is 7.02. The summed E-state index contributed by atoms with van der Waals surface area (Å²) >= 11 is 12.9. The molecule has 53 heavy (non-hydrogen) atoms. The summed E-state index contributed by atoms with van der Waals surface area (Å²) in [6.45, 7) is 8.53. The third-order valence-electron chi connectivity index (χ3n) is 9.28. The molecular formula is C42H50Cl2N4O5. The van der Waals surface area contributed by atoms with Crippen LogP contribution in [0.4, 0.5) is 0 Å². The van der Waals surface area contributed by atoms with E-state index in [2.05, 4.69) is 10.6 Å². The molecular weight excluding hydrogens is 711 g/mol. The van der Waals surface area contributed by atoms with Gasteiger partial charge in [-0.25, -0.2) is 4.79 Å². The number of hydrogen-bond donors (Lipinski definition) is 3. The van der Waals surface area contributed by atoms with Gasteiger partial charge in [0.1, 0.15) is 18.1 Å². The molecule has 0 fully saturated rings. The molecule has 282 valence electrons. The first kappa shape index (κ1) is 41.3. The average molecular weight is 762 g/mol. The first-order chi connectivity index (χ1) is 25.2. The molecule has 0 aliphatic carbocycles. The van der Waals surface area contributed by atoms with E-state index in [4.69, 9.17) is 23.2 Å². The minimum absolute atomic E-state index is 0.00453. The SMILES string of the molecule is CC(C)CC(C(=O)NC(Cc1cccc2ccccc12)C(=O)NC(C(=O)O)C(C)C)N(CCN(C)Cc1ccccc1Cl)C(=O)Cc1ccccc1Cl. The lowest BCUT2D eigenvalue weighted by molar-refractivity contribution is -0.144. The summed E-state index contributed by atoms with van der Waals surface area (Å²) in [5.41, 5.74) is 2.39. The van der Waals surface area contributed by atoms with Gasteiger partial charge in [-0.3, -0.25) is 14.4 Å². The maximum absolute atomic E-state index is 14.6. The van der Waals surface area contributed by atoms with E-state index >= 15 is 0 Å². The molecule has 0 aliphatic heterocycles. The van der Waals surface area contributed by atoms with Gasteiger partial charge in [0.15, 0.2) is 0 Å². The number of amides is 3. The van der Waals surface area contributed by atoms with Gasteiger partial charge >= 0.3 is 5.97 Å². The molecule has 0 bridgehead atoms. The number of likely N-dealkylation sites (N-methyl/N-ethyl adjacent to an activating group) is 1. The van der Waals surface area contributed by atoms with Crippen molar-refractivity contribution in [2.75, 3.05) is 20.1 Å². The van der Waals surface area contributed by atoms with E-state index in [1.807, 2.05) is 98.6 Å². The standard InChI is InChI=1S/C42H50Cl2N4O5/c1-27(2)23-37(48(38(49)25-31-14-7-10-19-34(31)43)22-21-47(5)26-32-15-8-11-20-35(32)44)41(51)45-36(40(50)46-39(28(3)4)42(52)53)24-30-17-12-16-29-13-6-9-18-33(29)30/h6-20,27-28,36-37,39H,21-26H2,1-5H3,(H,45,51)(H,46,50)(H,52,53). The van der Waals surface area contributed by atoms with E-state index in [9.17, 15) is 24.3 Å². The minimum Gasteiger partial charge on any atom is -0.480 e. The maximum atomic E-state index is 14.6. The van der Waals surface area contributed by atoms with Crippen LogP contribution in [0.25, 0.3) is 10.8 Å². The molecule has 4 rings (SSSR count). The molecule has 3 amide bonds. The van der Waals surface area contributed by atoms with Gasteiger partial charge in [-0.15, -0.1) is 0 Å². The fourth-order valence-corrected chi connectivity index (χ4v) is 6.79. The van der Waals surface area contributed by atoms with Crippen molar-refractivity contribution < 1.29 is 24.3 Å². The molecule has 4 aromatic rings. The Morgan fingerprint density at radius 1 is 0.717 bits per heavy atom. The van der Waals surface area contributed by atoms with E-state index in [0.717, 1.165) is 21.9 Å². The zero-order chi connectivity index (χ0) is 38.7. The van der Waals surface area contributed by atoms with Gasteiger partial charge in [0.25, 0.3) is 0 Å². The van der Waals surface area contributed by atoms with E-state index < -0.39 is 41.8 Å². The normalized spacial score (nSPS) is 13.2. The minimum atomic E-state index is -1.17. The molecule has 0 saturated carbocycles. The Morgan fingerprint density at radius 2 is 1.30 bits per heavy atom. The summed E-state index contributed by atoms with van der Waals surface area (Å²) < 4.78 is 0. The number of aliphatic carboxylic acids is 1. The van der Waals surface area contributed by atoms with Crippen LogP contribution < -0.4 is 10.6 Å². The fourth-order valence-electron chi connectivity index (χ4n) is 6.39. The number of carbonyl (C=O) groups is 4. The van der Waals surface area contributed by atoms with E-state index in [1.165, 1.54) is 0 Å². The van der Waals surface area contributed by atoms with Crippen LogP contribution in [0.15, 0.2) is 91.0 Å². The molecule has 0 saturated heterocycles. The average Bonchev–Trinajstić information content (AvgIpc) is 3.11. The Balaban J connectivity index is 1.69. The second-order valence-electron chi connectivity index (χ2n) is 14.3. The molecule has 3 N–H and O–H groups in total. The lowest BCUT2D eigenvalue weighted by Gasteiger charge is -2.35. The third-order valence-corrected chi connectivity index (χ3v) is 10.0. The number of nitrogens with zero attached hydrogens (tertiary/aromatic N) is 2. The molecule has 0 aliphatic rings. The number of rotatable bonds is 18. The second-order valence-corrected chi connectivity index (χ2v) is 15.1. The molecule has 9 nitrogen and oxygen atoms in total. The molecule has 0 radical (unpaired) electrons. The second kappa shape index (κ2) is 19.6. The van der Waals surface area contributed by atoms with Crippen molar-refractivity contribution in [3.63, 3.8) is 0 Å². The zero-order valence-electron chi connectivity index (χ0n) is 31.0. The van der Waals surface area contributed by atoms with E-state index in [0.29, 0.717) is 35.1 Å². The topological polar surface area (TPSA) is 119 Å². The van der Waals surface area contributed by atoms with Crippen molar-refractivity contribution in [1.29, 1.82) is 0 Å². The number of halogens is 2. The third kappa shape index (κ3) is 11.8. The molecule has 0 heterocycles. The van der Waals surface area contributed by atoms with Crippen molar-refractivity contribution in [3.8, 4) is 0 Å². The van der Waals surface area contributed by atoms with Gasteiger partial charge in [-0.1, -0.05) is 130 Å². The highest BCUT2D eigenvalue weighted by molar-refractivity contribution is 6.31. The van der Waals surface area contributed by atoms with Gasteiger partial charge in [0.05, 0.1) is 6.42 Å². The molecule has 0 spiro atoms. The van der Waals surface area contributed by atoms with Crippen molar-refractivity contribution in [2.24, 2.45) is 11.8 Å². The first-order valence-corrected chi connectivity index (χ1v) is 18.8. The largest absolute Gasteiger partial charge is 0.480 e. The Hall–Kier alpha value is -4.44. The highest BCUT2D eigenvalue weighted by atomic mass is 35.5. The Morgan fingerprint density at radius 3 is 1.92 bits per heavy atom. The predicted molar refractivity (Wildman–Crippen MR) is 212 cm³/mol. The van der Waals surface area contributed by atoms with Crippen LogP contribution in [0, 0.1) is 11.8 Å². The first-order valence-electron chi connectivity index (χ1n) is 18.0. The lowest BCUT2D eigenvalue weighted by Crippen LogP contribution is -2.58. The summed E-state index contributed by atoms with van der Waals surface area (Å²) in [4.78, 5) is 58.6. The number of hydrogen-bond acceptors (Lipinski definition) is 5. The smallest absolute Gasteiger partial charge is 0.326 e. The summed E-state index contributed by atoms with van der Waals surface area (Å²) in [7, 11) is 1.93. The van der Waals surface area contributed by atoms with Crippen LogP contribution in [-0.2, 0) is 38.6 Å².